The van der Waals surface area contributed by atoms with Crippen LogP contribution >= 0.6 is 0 Å². The van der Waals surface area contributed by atoms with Crippen LogP contribution in [0.5, 0.6) is 5.75 Å². The second kappa shape index (κ2) is 7.78. The molecule has 5 heteroatoms. The van der Waals surface area contributed by atoms with Crippen molar-refractivity contribution in [2.45, 2.75) is 13.0 Å². The van der Waals surface area contributed by atoms with Crippen molar-refractivity contribution in [1.82, 2.24) is 9.80 Å². The van der Waals surface area contributed by atoms with Gasteiger partial charge in [0, 0.05) is 38.8 Å². The van der Waals surface area contributed by atoms with Gasteiger partial charge in [-0.15, -0.1) is 0 Å². The molecule has 1 aromatic rings. The maximum Gasteiger partial charge on any atom is 0.119 e. The Bertz CT molecular complexity index is 534. The van der Waals surface area contributed by atoms with Crippen molar-refractivity contribution in [2.24, 2.45) is 5.92 Å². The average Bonchev–Trinajstić information content (AvgIpc) is 2.97. The highest BCUT2D eigenvalue weighted by molar-refractivity contribution is 5.34. The third kappa shape index (κ3) is 4.23. The first-order valence-electron chi connectivity index (χ1n) is 8.43. The fraction of sp³-hybridized carbons (Fsp3) is 0.611. The van der Waals surface area contributed by atoms with Gasteiger partial charge in [-0.1, -0.05) is 6.92 Å². The first-order chi connectivity index (χ1) is 11.3. The Labute approximate surface area is 138 Å². The van der Waals surface area contributed by atoms with E-state index in [1.54, 1.807) is 12.1 Å². The number of nitrogens with zero attached hydrogens (tertiary/aromatic N) is 3. The molecular weight excluding hydrogens is 290 g/mol. The van der Waals surface area contributed by atoms with Gasteiger partial charge in [-0.3, -0.25) is 9.80 Å². The molecular formula is C18H25N3O2. The lowest BCUT2D eigenvalue weighted by molar-refractivity contribution is 0.0117. The molecule has 0 N–H and O–H groups in total. The number of likely N-dealkylation sites (tertiary alicyclic amines) is 1. The topological polar surface area (TPSA) is 48.7 Å². The molecule has 0 radical (unpaired) electrons. The zero-order valence-corrected chi connectivity index (χ0v) is 13.8. The molecule has 0 spiro atoms. The first kappa shape index (κ1) is 16.3. The van der Waals surface area contributed by atoms with Crippen molar-refractivity contribution in [1.29, 1.82) is 5.26 Å². The normalized spacial score (nSPS) is 26.1. The SMILES string of the molecule is C[C@H]1CN(CCOc2ccc(C#N)cc2)C[C@H]1N1CCOCC1. The third-order valence-corrected chi connectivity index (χ3v) is 4.82. The van der Waals surface area contributed by atoms with Gasteiger partial charge < -0.3 is 9.47 Å². The third-order valence-electron chi connectivity index (χ3n) is 4.82. The summed E-state index contributed by atoms with van der Waals surface area (Å²) in [5.41, 5.74) is 0.666. The molecule has 23 heavy (non-hydrogen) atoms. The van der Waals surface area contributed by atoms with Gasteiger partial charge in [0.15, 0.2) is 0 Å². The number of ether oxygens (including phenoxy) is 2. The maximum absolute atomic E-state index is 8.80. The lowest BCUT2D eigenvalue weighted by Gasteiger charge is -2.34. The summed E-state index contributed by atoms with van der Waals surface area (Å²) in [7, 11) is 0. The minimum absolute atomic E-state index is 0.647. The van der Waals surface area contributed by atoms with Gasteiger partial charge in [0.05, 0.1) is 24.8 Å². The van der Waals surface area contributed by atoms with Crippen molar-refractivity contribution >= 4 is 0 Å². The molecule has 5 nitrogen and oxygen atoms in total. The van der Waals surface area contributed by atoms with Gasteiger partial charge in [-0.25, -0.2) is 0 Å². The zero-order valence-electron chi connectivity index (χ0n) is 13.8. The van der Waals surface area contributed by atoms with E-state index in [-0.39, 0.29) is 0 Å². The molecule has 0 aliphatic carbocycles. The standard InChI is InChI=1S/C18H25N3O2/c1-15-13-20(14-18(15)21-7-9-22-10-8-21)6-11-23-17-4-2-16(12-19)3-5-17/h2-5,15,18H,6-11,13-14H2,1H3/t15-,18+/m0/s1. The van der Waals surface area contributed by atoms with E-state index >= 15 is 0 Å². The number of rotatable bonds is 5. The lowest BCUT2D eigenvalue weighted by Crippen LogP contribution is -2.46. The van der Waals surface area contributed by atoms with Crippen LogP contribution < -0.4 is 4.74 Å². The highest BCUT2D eigenvalue weighted by Crippen LogP contribution is 2.22. The first-order valence-corrected chi connectivity index (χ1v) is 8.43. The smallest absolute Gasteiger partial charge is 0.119 e. The predicted octanol–water partition coefficient (Wildman–Crippen LogP) is 1.59. The molecule has 2 aliphatic rings. The van der Waals surface area contributed by atoms with E-state index in [4.69, 9.17) is 14.7 Å². The summed E-state index contributed by atoms with van der Waals surface area (Å²) >= 11 is 0. The molecule has 0 aromatic heterocycles. The molecule has 2 aliphatic heterocycles. The second-order valence-corrected chi connectivity index (χ2v) is 6.44. The van der Waals surface area contributed by atoms with Crippen molar-refractivity contribution in [3.05, 3.63) is 29.8 Å². The Morgan fingerprint density at radius 2 is 1.96 bits per heavy atom. The van der Waals surface area contributed by atoms with Crippen molar-refractivity contribution in [3.63, 3.8) is 0 Å². The van der Waals surface area contributed by atoms with Crippen LogP contribution in [0.4, 0.5) is 0 Å². The molecule has 3 rings (SSSR count). The van der Waals surface area contributed by atoms with Gasteiger partial charge in [0.2, 0.25) is 0 Å². The van der Waals surface area contributed by atoms with Crippen LogP contribution in [0.25, 0.3) is 0 Å². The van der Waals surface area contributed by atoms with Crippen molar-refractivity contribution in [3.8, 4) is 11.8 Å². The molecule has 0 saturated carbocycles. The van der Waals surface area contributed by atoms with Gasteiger partial charge in [0.1, 0.15) is 12.4 Å². The molecule has 124 valence electrons. The predicted molar refractivity (Wildman–Crippen MR) is 88.4 cm³/mol. The number of nitriles is 1. The van der Waals surface area contributed by atoms with E-state index < -0.39 is 0 Å². The highest BCUT2D eigenvalue weighted by atomic mass is 16.5. The number of hydrogen-bond donors (Lipinski definition) is 0. The summed E-state index contributed by atoms with van der Waals surface area (Å²) in [6.45, 7) is 10.1. The largest absolute Gasteiger partial charge is 0.492 e. The van der Waals surface area contributed by atoms with Crippen LogP contribution in [-0.2, 0) is 4.74 Å². The fourth-order valence-corrected chi connectivity index (χ4v) is 3.53. The summed E-state index contributed by atoms with van der Waals surface area (Å²) in [6, 6.07) is 10.1. The number of morpholine rings is 1. The minimum atomic E-state index is 0.647. The van der Waals surface area contributed by atoms with Gasteiger partial charge in [-0.05, 0) is 30.2 Å². The van der Waals surface area contributed by atoms with E-state index in [1.165, 1.54) is 0 Å². The molecule has 2 heterocycles. The summed E-state index contributed by atoms with van der Waals surface area (Å²) < 4.78 is 11.3. The summed E-state index contributed by atoms with van der Waals surface area (Å²) in [4.78, 5) is 5.07. The quantitative estimate of drug-likeness (QED) is 0.826. The summed E-state index contributed by atoms with van der Waals surface area (Å²) in [5.74, 6) is 1.53. The van der Waals surface area contributed by atoms with Crippen LogP contribution in [0, 0.1) is 17.2 Å². The van der Waals surface area contributed by atoms with Crippen LogP contribution in [-0.4, -0.2) is 68.4 Å². The molecule has 2 atom stereocenters. The van der Waals surface area contributed by atoms with E-state index in [1.807, 2.05) is 12.1 Å². The lowest BCUT2D eigenvalue weighted by atomic mass is 10.0. The van der Waals surface area contributed by atoms with Crippen molar-refractivity contribution < 1.29 is 9.47 Å². The van der Waals surface area contributed by atoms with Gasteiger partial charge in [-0.2, -0.15) is 5.26 Å². The number of hydrogen-bond acceptors (Lipinski definition) is 5. The second-order valence-electron chi connectivity index (χ2n) is 6.44. The highest BCUT2D eigenvalue weighted by Gasteiger charge is 2.34. The Hall–Kier alpha value is -1.61. The van der Waals surface area contributed by atoms with Crippen LogP contribution in [0.3, 0.4) is 0 Å². The van der Waals surface area contributed by atoms with E-state index in [0.717, 1.165) is 51.7 Å². The average molecular weight is 315 g/mol. The van der Waals surface area contributed by atoms with E-state index in [9.17, 15) is 0 Å². The molecule has 1 aromatic carbocycles. The Kier molecular flexibility index (Phi) is 5.50. The fourth-order valence-electron chi connectivity index (χ4n) is 3.53. The Balaban J connectivity index is 1.43. The monoisotopic (exact) mass is 315 g/mol. The van der Waals surface area contributed by atoms with Crippen LogP contribution in [0.1, 0.15) is 12.5 Å². The molecule has 2 saturated heterocycles. The van der Waals surface area contributed by atoms with E-state index in [0.29, 0.717) is 24.1 Å². The molecule has 0 unspecified atom stereocenters. The molecule has 0 amide bonds. The van der Waals surface area contributed by atoms with Crippen LogP contribution in [0.2, 0.25) is 0 Å². The van der Waals surface area contributed by atoms with E-state index in [2.05, 4.69) is 22.8 Å². The Morgan fingerprint density at radius 3 is 2.65 bits per heavy atom. The minimum Gasteiger partial charge on any atom is -0.492 e. The van der Waals surface area contributed by atoms with Crippen molar-refractivity contribution in [2.75, 3.05) is 52.5 Å². The van der Waals surface area contributed by atoms with Gasteiger partial charge >= 0.3 is 0 Å². The van der Waals surface area contributed by atoms with Gasteiger partial charge in [0.25, 0.3) is 0 Å². The van der Waals surface area contributed by atoms with Crippen LogP contribution in [0.15, 0.2) is 24.3 Å². The molecule has 0 bridgehead atoms. The molecule has 2 fully saturated rings. The maximum atomic E-state index is 8.80. The Morgan fingerprint density at radius 1 is 1.22 bits per heavy atom. The zero-order chi connectivity index (χ0) is 16.1. The number of benzene rings is 1. The summed E-state index contributed by atoms with van der Waals surface area (Å²) in [6.07, 6.45) is 0. The summed E-state index contributed by atoms with van der Waals surface area (Å²) in [5, 5.41) is 8.80.